The molecule has 1 N–H and O–H groups in total. The largest absolute Gasteiger partial charge is 0.371 e. The second kappa shape index (κ2) is 3.98. The number of rotatable bonds is 1. The van der Waals surface area contributed by atoms with Crippen molar-refractivity contribution in [1.82, 2.24) is 10.1 Å². The van der Waals surface area contributed by atoms with E-state index in [0.717, 1.165) is 0 Å². The summed E-state index contributed by atoms with van der Waals surface area (Å²) < 4.78 is 5.24. The molecule has 6 heteroatoms. The minimum atomic E-state index is -0.902. The molecule has 6 nitrogen and oxygen atoms in total. The van der Waals surface area contributed by atoms with E-state index in [4.69, 9.17) is 4.52 Å². The summed E-state index contributed by atoms with van der Waals surface area (Å²) >= 11 is 0. The van der Waals surface area contributed by atoms with Crippen LogP contribution < -0.4 is 4.90 Å². The fourth-order valence-electron chi connectivity index (χ4n) is 1.84. The van der Waals surface area contributed by atoms with Crippen molar-refractivity contribution < 1.29 is 14.4 Å². The van der Waals surface area contributed by atoms with Crippen molar-refractivity contribution in [3.8, 4) is 0 Å². The summed E-state index contributed by atoms with van der Waals surface area (Å²) in [6, 6.07) is 1.16. The lowest BCUT2D eigenvalue weighted by atomic mass is 9.93. The molecule has 2 rings (SSSR count). The fraction of sp³-hybridized carbons (Fsp3) is 0.667. The summed E-state index contributed by atoms with van der Waals surface area (Å²) in [6.45, 7) is 7.77. The molecule has 1 aliphatic rings. The Morgan fingerprint density at radius 3 is 2.44 bits per heavy atom. The molecule has 0 aliphatic carbocycles. The first-order valence-corrected chi connectivity index (χ1v) is 5.95. The Bertz CT molecular complexity index is 463. The summed E-state index contributed by atoms with van der Waals surface area (Å²) in [5.41, 5.74) is -0.184. The van der Waals surface area contributed by atoms with Crippen LogP contribution in [0.2, 0.25) is 0 Å². The normalized spacial score (nSPS) is 25.1. The number of likely N-dealkylation sites (N-methyl/N-ethyl adjacent to an activating group) is 1. The minimum absolute atomic E-state index is 0.184. The van der Waals surface area contributed by atoms with E-state index in [1.807, 2.05) is 20.8 Å². The number of aliphatic hydroxyl groups excluding tert-OH is 1. The van der Waals surface area contributed by atoms with Gasteiger partial charge >= 0.3 is 6.03 Å². The van der Waals surface area contributed by atoms with Crippen LogP contribution in [0.15, 0.2) is 10.6 Å². The van der Waals surface area contributed by atoms with Crippen molar-refractivity contribution in [2.75, 3.05) is 11.9 Å². The number of hydrogen-bond acceptors (Lipinski definition) is 4. The molecule has 2 heterocycles. The minimum Gasteiger partial charge on any atom is -0.371 e. The van der Waals surface area contributed by atoms with Crippen LogP contribution in [-0.4, -0.2) is 40.5 Å². The van der Waals surface area contributed by atoms with Crippen LogP contribution in [0.25, 0.3) is 0 Å². The highest BCUT2D eigenvalue weighted by Gasteiger charge is 2.42. The summed E-state index contributed by atoms with van der Waals surface area (Å²) in [6.07, 6.45) is -0.902. The van der Waals surface area contributed by atoms with Crippen molar-refractivity contribution in [2.45, 2.75) is 45.4 Å². The number of hydrogen-bond donors (Lipinski definition) is 1. The number of aliphatic hydroxyl groups is 1. The van der Waals surface area contributed by atoms with Gasteiger partial charge in [-0.25, -0.2) is 9.69 Å². The maximum Gasteiger partial charge on any atom is 0.328 e. The molecule has 2 atom stereocenters. The Morgan fingerprint density at radius 2 is 2.06 bits per heavy atom. The highest BCUT2D eigenvalue weighted by Crippen LogP contribution is 2.30. The van der Waals surface area contributed by atoms with Crippen molar-refractivity contribution in [3.05, 3.63) is 11.8 Å². The molecule has 1 fully saturated rings. The van der Waals surface area contributed by atoms with Crippen LogP contribution in [0.5, 0.6) is 0 Å². The lowest BCUT2D eigenvalue weighted by Crippen LogP contribution is -2.35. The van der Waals surface area contributed by atoms with Crippen LogP contribution >= 0.6 is 0 Å². The van der Waals surface area contributed by atoms with E-state index >= 15 is 0 Å². The molecule has 0 radical (unpaired) electrons. The van der Waals surface area contributed by atoms with Crippen LogP contribution in [0, 0.1) is 0 Å². The van der Waals surface area contributed by atoms with Gasteiger partial charge in [0, 0.05) is 18.5 Å². The van der Waals surface area contributed by atoms with E-state index in [0.29, 0.717) is 11.6 Å². The molecule has 1 aliphatic heterocycles. The van der Waals surface area contributed by atoms with Crippen LogP contribution in [0.3, 0.4) is 0 Å². The van der Waals surface area contributed by atoms with E-state index in [1.54, 1.807) is 20.0 Å². The Labute approximate surface area is 106 Å². The standard InChI is InChI=1S/C12H19N3O3/c1-7-10(16)15(11(17)14(7)5)9-6-8(18-13-9)12(2,3)4/h6-7,10,16H,1-5H3. The van der Waals surface area contributed by atoms with Gasteiger partial charge in [-0.1, -0.05) is 25.9 Å². The quantitative estimate of drug-likeness (QED) is 0.824. The number of nitrogens with zero attached hydrogens (tertiary/aromatic N) is 3. The third-order valence-corrected chi connectivity index (χ3v) is 3.30. The number of anilines is 1. The SMILES string of the molecule is CC1C(O)N(c2cc(C(C)(C)C)on2)C(=O)N1C. The lowest BCUT2D eigenvalue weighted by Gasteiger charge is -2.16. The van der Waals surface area contributed by atoms with Crippen LogP contribution in [-0.2, 0) is 5.41 Å². The maximum atomic E-state index is 12.0. The molecule has 1 aromatic rings. The van der Waals surface area contributed by atoms with Gasteiger partial charge in [-0.2, -0.15) is 0 Å². The van der Waals surface area contributed by atoms with Crippen LogP contribution in [0.1, 0.15) is 33.5 Å². The van der Waals surface area contributed by atoms with Gasteiger partial charge in [0.15, 0.2) is 12.0 Å². The zero-order valence-corrected chi connectivity index (χ0v) is 11.3. The number of urea groups is 1. The average molecular weight is 253 g/mol. The van der Waals surface area contributed by atoms with Crippen LogP contribution in [0.4, 0.5) is 10.6 Å². The predicted molar refractivity (Wildman–Crippen MR) is 66.3 cm³/mol. The van der Waals surface area contributed by atoms with Crippen molar-refractivity contribution >= 4 is 11.8 Å². The van der Waals surface area contributed by atoms with Crippen molar-refractivity contribution in [1.29, 1.82) is 0 Å². The molecule has 1 saturated heterocycles. The molecule has 0 aromatic carbocycles. The zero-order valence-electron chi connectivity index (χ0n) is 11.3. The highest BCUT2D eigenvalue weighted by molar-refractivity contribution is 5.93. The van der Waals surface area contributed by atoms with E-state index in [2.05, 4.69) is 5.16 Å². The van der Waals surface area contributed by atoms with Gasteiger partial charge in [-0.15, -0.1) is 0 Å². The van der Waals surface area contributed by atoms with Crippen molar-refractivity contribution in [2.24, 2.45) is 0 Å². The molecule has 18 heavy (non-hydrogen) atoms. The van der Waals surface area contributed by atoms with Gasteiger partial charge in [-0.05, 0) is 6.92 Å². The van der Waals surface area contributed by atoms with E-state index in [1.165, 1.54) is 9.80 Å². The Balaban J connectivity index is 2.33. The molecule has 100 valence electrons. The smallest absolute Gasteiger partial charge is 0.328 e. The topological polar surface area (TPSA) is 69.8 Å². The third-order valence-electron chi connectivity index (χ3n) is 3.30. The Kier molecular flexibility index (Phi) is 2.85. The van der Waals surface area contributed by atoms with Gasteiger partial charge in [0.2, 0.25) is 0 Å². The molecule has 2 amide bonds. The molecule has 2 unspecified atom stereocenters. The molecular formula is C12H19N3O3. The lowest BCUT2D eigenvalue weighted by molar-refractivity contribution is 0.137. The summed E-state index contributed by atoms with van der Waals surface area (Å²) in [5, 5.41) is 13.9. The summed E-state index contributed by atoms with van der Waals surface area (Å²) in [7, 11) is 1.65. The van der Waals surface area contributed by atoms with Crippen molar-refractivity contribution in [3.63, 3.8) is 0 Å². The predicted octanol–water partition coefficient (Wildman–Crippen LogP) is 1.55. The monoisotopic (exact) mass is 253 g/mol. The second-order valence-corrected chi connectivity index (χ2v) is 5.72. The molecule has 1 aromatic heterocycles. The Morgan fingerprint density at radius 1 is 1.44 bits per heavy atom. The maximum absolute atomic E-state index is 12.0. The average Bonchev–Trinajstić information content (AvgIpc) is 2.81. The van der Waals surface area contributed by atoms with E-state index in [9.17, 15) is 9.90 Å². The number of carbonyl (C=O) groups is 1. The summed E-state index contributed by atoms with van der Waals surface area (Å²) in [4.78, 5) is 14.7. The van der Waals surface area contributed by atoms with E-state index in [-0.39, 0.29) is 17.5 Å². The van der Waals surface area contributed by atoms with Gasteiger partial charge < -0.3 is 14.5 Å². The molecule has 0 bridgehead atoms. The molecule has 0 saturated carbocycles. The third kappa shape index (κ3) is 1.86. The zero-order chi connectivity index (χ0) is 13.7. The van der Waals surface area contributed by atoms with Gasteiger partial charge in [-0.3, -0.25) is 0 Å². The number of carbonyl (C=O) groups excluding carboxylic acids is 1. The highest BCUT2D eigenvalue weighted by atomic mass is 16.5. The van der Waals surface area contributed by atoms with Gasteiger partial charge in [0.1, 0.15) is 5.76 Å². The first-order chi connectivity index (χ1) is 8.23. The summed E-state index contributed by atoms with van der Waals surface area (Å²) in [5.74, 6) is 1.04. The molecular weight excluding hydrogens is 234 g/mol. The number of aromatic nitrogens is 1. The van der Waals surface area contributed by atoms with Gasteiger partial charge in [0.05, 0.1) is 6.04 Å². The second-order valence-electron chi connectivity index (χ2n) is 5.72. The fourth-order valence-corrected chi connectivity index (χ4v) is 1.84. The first-order valence-electron chi connectivity index (χ1n) is 5.95. The van der Waals surface area contributed by atoms with E-state index < -0.39 is 6.23 Å². The first kappa shape index (κ1) is 12.9. The Hall–Kier alpha value is -1.56. The molecule has 0 spiro atoms. The number of amides is 2. The van der Waals surface area contributed by atoms with Gasteiger partial charge in [0.25, 0.3) is 0 Å².